The molecule has 84 valence electrons. The molecule has 5 heteroatoms. The molecule has 0 aromatic carbocycles. The first-order valence-corrected chi connectivity index (χ1v) is 5.17. The standard InChI is InChI=1S/C10H16N4.ClH/c1-4-12-10(13-5-1)14-8-9-2-6-11-7-3-9;/h1,4-5,9,11H,2-3,6-8H2,(H,12,13,14);1H. The normalized spacial score (nSPS) is 16.8. The lowest BCUT2D eigenvalue weighted by Gasteiger charge is -2.22. The lowest BCUT2D eigenvalue weighted by Crippen LogP contribution is -2.31. The van der Waals surface area contributed by atoms with Crippen molar-refractivity contribution in [3.05, 3.63) is 18.5 Å². The van der Waals surface area contributed by atoms with Crippen molar-refractivity contribution < 1.29 is 0 Å². The second-order valence-electron chi connectivity index (χ2n) is 3.65. The fourth-order valence-electron chi connectivity index (χ4n) is 1.71. The lowest BCUT2D eigenvalue weighted by atomic mass is 9.98. The minimum Gasteiger partial charge on any atom is -0.354 e. The Morgan fingerprint density at radius 1 is 1.27 bits per heavy atom. The molecule has 0 amide bonds. The van der Waals surface area contributed by atoms with Gasteiger partial charge in [-0.25, -0.2) is 9.97 Å². The quantitative estimate of drug-likeness (QED) is 0.819. The molecule has 1 aliphatic heterocycles. The molecule has 0 atom stereocenters. The zero-order valence-electron chi connectivity index (χ0n) is 8.65. The Hall–Kier alpha value is -0.870. The molecule has 0 bridgehead atoms. The molecule has 0 aliphatic carbocycles. The second kappa shape index (κ2) is 6.58. The number of hydrogen-bond acceptors (Lipinski definition) is 4. The highest BCUT2D eigenvalue weighted by Crippen LogP contribution is 2.11. The summed E-state index contributed by atoms with van der Waals surface area (Å²) in [5, 5.41) is 6.62. The van der Waals surface area contributed by atoms with E-state index >= 15 is 0 Å². The molecule has 0 spiro atoms. The van der Waals surface area contributed by atoms with Gasteiger partial charge in [0, 0.05) is 18.9 Å². The molecular formula is C10H17ClN4. The molecule has 1 aromatic heterocycles. The van der Waals surface area contributed by atoms with E-state index in [0.717, 1.165) is 31.5 Å². The maximum absolute atomic E-state index is 4.13. The molecule has 1 fully saturated rings. The van der Waals surface area contributed by atoms with Crippen molar-refractivity contribution in [2.75, 3.05) is 25.0 Å². The van der Waals surface area contributed by atoms with Gasteiger partial charge in [0.05, 0.1) is 0 Å². The Kier molecular flexibility index (Phi) is 5.36. The van der Waals surface area contributed by atoms with Crippen molar-refractivity contribution in [2.24, 2.45) is 5.92 Å². The van der Waals surface area contributed by atoms with Crippen LogP contribution in [0.4, 0.5) is 5.95 Å². The fourth-order valence-corrected chi connectivity index (χ4v) is 1.71. The van der Waals surface area contributed by atoms with Crippen LogP contribution in [0.5, 0.6) is 0 Å². The first-order valence-electron chi connectivity index (χ1n) is 5.17. The Morgan fingerprint density at radius 2 is 1.93 bits per heavy atom. The van der Waals surface area contributed by atoms with Gasteiger partial charge in [0.2, 0.25) is 5.95 Å². The van der Waals surface area contributed by atoms with Crippen LogP contribution in [0, 0.1) is 5.92 Å². The van der Waals surface area contributed by atoms with E-state index in [-0.39, 0.29) is 12.4 Å². The van der Waals surface area contributed by atoms with Gasteiger partial charge in [-0.1, -0.05) is 0 Å². The van der Waals surface area contributed by atoms with Crippen molar-refractivity contribution in [2.45, 2.75) is 12.8 Å². The summed E-state index contributed by atoms with van der Waals surface area (Å²) in [7, 11) is 0. The number of nitrogens with one attached hydrogen (secondary N) is 2. The molecule has 2 N–H and O–H groups in total. The number of nitrogens with zero attached hydrogens (tertiary/aromatic N) is 2. The summed E-state index contributed by atoms with van der Waals surface area (Å²) in [4.78, 5) is 8.25. The third kappa shape index (κ3) is 4.01. The summed E-state index contributed by atoms with van der Waals surface area (Å²) in [6.07, 6.45) is 6.02. The average Bonchev–Trinajstić information content (AvgIpc) is 2.29. The third-order valence-corrected chi connectivity index (χ3v) is 2.57. The summed E-state index contributed by atoms with van der Waals surface area (Å²) in [6.45, 7) is 3.27. The average molecular weight is 229 g/mol. The fraction of sp³-hybridized carbons (Fsp3) is 0.600. The van der Waals surface area contributed by atoms with E-state index in [2.05, 4.69) is 20.6 Å². The van der Waals surface area contributed by atoms with Crippen LogP contribution in [0.2, 0.25) is 0 Å². The maximum Gasteiger partial charge on any atom is 0.222 e. The molecule has 15 heavy (non-hydrogen) atoms. The van der Waals surface area contributed by atoms with E-state index in [1.165, 1.54) is 12.8 Å². The van der Waals surface area contributed by atoms with E-state index in [9.17, 15) is 0 Å². The maximum atomic E-state index is 4.13. The minimum atomic E-state index is 0. The number of halogens is 1. The minimum absolute atomic E-state index is 0. The molecule has 0 saturated carbocycles. The van der Waals surface area contributed by atoms with Gasteiger partial charge in [-0.2, -0.15) is 0 Å². The first-order chi connectivity index (χ1) is 6.95. The lowest BCUT2D eigenvalue weighted by molar-refractivity contribution is 0.389. The van der Waals surface area contributed by atoms with Gasteiger partial charge in [0.25, 0.3) is 0 Å². The van der Waals surface area contributed by atoms with Crippen LogP contribution < -0.4 is 10.6 Å². The Morgan fingerprint density at radius 3 is 2.60 bits per heavy atom. The van der Waals surface area contributed by atoms with Gasteiger partial charge in [0.1, 0.15) is 0 Å². The molecule has 1 aromatic rings. The van der Waals surface area contributed by atoms with Crippen LogP contribution >= 0.6 is 12.4 Å². The Bertz CT molecular complexity index is 261. The second-order valence-corrected chi connectivity index (χ2v) is 3.65. The van der Waals surface area contributed by atoms with Crippen molar-refractivity contribution >= 4 is 18.4 Å². The van der Waals surface area contributed by atoms with E-state index in [4.69, 9.17) is 0 Å². The molecule has 2 rings (SSSR count). The van der Waals surface area contributed by atoms with Crippen molar-refractivity contribution in [1.29, 1.82) is 0 Å². The van der Waals surface area contributed by atoms with E-state index < -0.39 is 0 Å². The van der Waals surface area contributed by atoms with Gasteiger partial charge in [-0.3, -0.25) is 0 Å². The summed E-state index contributed by atoms with van der Waals surface area (Å²) in [6, 6.07) is 1.83. The number of anilines is 1. The number of piperidine rings is 1. The summed E-state index contributed by atoms with van der Waals surface area (Å²) in [5.41, 5.74) is 0. The molecular weight excluding hydrogens is 212 g/mol. The van der Waals surface area contributed by atoms with Gasteiger partial charge < -0.3 is 10.6 Å². The monoisotopic (exact) mass is 228 g/mol. The Labute approximate surface area is 96.3 Å². The van der Waals surface area contributed by atoms with Crippen molar-refractivity contribution in [3.8, 4) is 0 Å². The largest absolute Gasteiger partial charge is 0.354 e. The summed E-state index contributed by atoms with van der Waals surface area (Å²) in [5.74, 6) is 1.51. The van der Waals surface area contributed by atoms with E-state index in [1.54, 1.807) is 12.4 Å². The van der Waals surface area contributed by atoms with Gasteiger partial charge in [-0.05, 0) is 37.9 Å². The number of rotatable bonds is 3. The van der Waals surface area contributed by atoms with Crippen LogP contribution in [0.25, 0.3) is 0 Å². The Balaban J connectivity index is 0.00000112. The van der Waals surface area contributed by atoms with Crippen molar-refractivity contribution in [3.63, 3.8) is 0 Å². The highest BCUT2D eigenvalue weighted by atomic mass is 35.5. The topological polar surface area (TPSA) is 49.8 Å². The van der Waals surface area contributed by atoms with Gasteiger partial charge >= 0.3 is 0 Å². The summed E-state index contributed by atoms with van der Waals surface area (Å²) < 4.78 is 0. The zero-order valence-corrected chi connectivity index (χ0v) is 9.46. The molecule has 2 heterocycles. The molecule has 1 saturated heterocycles. The van der Waals surface area contributed by atoms with Gasteiger partial charge in [-0.15, -0.1) is 12.4 Å². The van der Waals surface area contributed by atoms with Crippen molar-refractivity contribution in [1.82, 2.24) is 15.3 Å². The summed E-state index contributed by atoms with van der Waals surface area (Å²) >= 11 is 0. The van der Waals surface area contributed by atoms with Crippen LogP contribution in [0.15, 0.2) is 18.5 Å². The van der Waals surface area contributed by atoms with E-state index in [0.29, 0.717) is 0 Å². The SMILES string of the molecule is Cl.c1cnc(NCC2CCNCC2)nc1. The third-order valence-electron chi connectivity index (χ3n) is 2.57. The smallest absolute Gasteiger partial charge is 0.222 e. The number of aromatic nitrogens is 2. The highest BCUT2D eigenvalue weighted by Gasteiger charge is 2.12. The molecule has 0 radical (unpaired) electrons. The predicted molar refractivity (Wildman–Crippen MR) is 63.4 cm³/mol. The molecule has 4 nitrogen and oxygen atoms in total. The van der Waals surface area contributed by atoms with Crippen LogP contribution in [0.3, 0.4) is 0 Å². The zero-order chi connectivity index (χ0) is 9.64. The van der Waals surface area contributed by atoms with Crippen LogP contribution in [-0.2, 0) is 0 Å². The molecule has 1 aliphatic rings. The van der Waals surface area contributed by atoms with Crippen LogP contribution in [0.1, 0.15) is 12.8 Å². The van der Waals surface area contributed by atoms with Crippen LogP contribution in [-0.4, -0.2) is 29.6 Å². The first kappa shape index (κ1) is 12.2. The number of hydrogen-bond donors (Lipinski definition) is 2. The van der Waals surface area contributed by atoms with E-state index in [1.807, 2.05) is 6.07 Å². The predicted octanol–water partition coefficient (Wildman–Crippen LogP) is 1.31. The molecule has 0 unspecified atom stereocenters. The van der Waals surface area contributed by atoms with Gasteiger partial charge in [0.15, 0.2) is 0 Å². The highest BCUT2D eigenvalue weighted by molar-refractivity contribution is 5.85.